The summed E-state index contributed by atoms with van der Waals surface area (Å²) in [5.74, 6) is -7.40. The van der Waals surface area contributed by atoms with E-state index in [-0.39, 0.29) is 12.4 Å². The Morgan fingerprint density at radius 2 is 1.36 bits per heavy atom. The van der Waals surface area contributed by atoms with Gasteiger partial charge < -0.3 is 5.73 Å². The maximum Gasteiger partial charge on any atom is 0.461 e. The van der Waals surface area contributed by atoms with Crippen molar-refractivity contribution in [3.05, 3.63) is 0 Å². The smallest absolute Gasteiger partial charge is 0.382 e. The fourth-order valence-corrected chi connectivity index (χ4v) is 0.153. The molecule has 0 unspecified atom stereocenters. The number of rotatable bonds is 1. The van der Waals surface area contributed by atoms with E-state index in [1.165, 1.54) is 0 Å². The Labute approximate surface area is 64.5 Å². The fourth-order valence-electron chi connectivity index (χ4n) is 0.153. The number of amidine groups is 1. The molecule has 11 heavy (non-hydrogen) atoms. The van der Waals surface area contributed by atoms with E-state index in [9.17, 15) is 22.0 Å². The quantitative estimate of drug-likeness (QED) is 0.375. The van der Waals surface area contributed by atoms with Crippen LogP contribution in [0.3, 0.4) is 0 Å². The predicted molar refractivity (Wildman–Crippen MR) is 30.2 cm³/mol. The summed E-state index contributed by atoms with van der Waals surface area (Å²) in [4.78, 5) is 0. The van der Waals surface area contributed by atoms with Crippen LogP contribution in [0.15, 0.2) is 0 Å². The highest BCUT2D eigenvalue weighted by Gasteiger charge is 2.60. The molecule has 0 bridgehead atoms. The predicted octanol–water partition coefficient (Wildman–Crippen LogP) is 1.54. The van der Waals surface area contributed by atoms with Crippen LogP contribution < -0.4 is 5.73 Å². The monoisotopic (exact) mass is 198 g/mol. The topological polar surface area (TPSA) is 49.9 Å². The van der Waals surface area contributed by atoms with Crippen molar-refractivity contribution in [1.82, 2.24) is 0 Å². The van der Waals surface area contributed by atoms with Crippen molar-refractivity contribution in [3.8, 4) is 0 Å². The Morgan fingerprint density at radius 1 is 1.09 bits per heavy atom. The molecule has 3 N–H and O–H groups in total. The molecule has 0 aliphatic rings. The molecule has 0 aromatic heterocycles. The van der Waals surface area contributed by atoms with Gasteiger partial charge in [0.25, 0.3) is 0 Å². The van der Waals surface area contributed by atoms with Crippen LogP contribution >= 0.6 is 12.4 Å². The third-order valence-corrected chi connectivity index (χ3v) is 0.694. The highest BCUT2D eigenvalue weighted by Crippen LogP contribution is 2.34. The number of hydrogen-bond acceptors (Lipinski definition) is 1. The Bertz CT molecular complexity index is 152. The third kappa shape index (κ3) is 2.49. The lowest BCUT2D eigenvalue weighted by atomic mass is 10.3. The highest BCUT2D eigenvalue weighted by atomic mass is 35.5. The molecule has 0 aliphatic heterocycles. The second kappa shape index (κ2) is 3.21. The highest BCUT2D eigenvalue weighted by molar-refractivity contribution is 5.85. The van der Waals surface area contributed by atoms with E-state index in [2.05, 4.69) is 5.73 Å². The molecule has 0 aliphatic carbocycles. The summed E-state index contributed by atoms with van der Waals surface area (Å²) in [5, 5.41) is 5.86. The summed E-state index contributed by atoms with van der Waals surface area (Å²) in [5.41, 5.74) is 3.97. The van der Waals surface area contributed by atoms with Gasteiger partial charge in [-0.2, -0.15) is 22.0 Å². The number of nitrogens with one attached hydrogen (secondary N) is 1. The molecular weight excluding hydrogens is 194 g/mol. The summed E-state index contributed by atoms with van der Waals surface area (Å²) < 4.78 is 56.5. The largest absolute Gasteiger partial charge is 0.461 e. The summed E-state index contributed by atoms with van der Waals surface area (Å²) in [6.45, 7) is 0. The molecule has 0 saturated carbocycles. The van der Waals surface area contributed by atoms with Crippen LogP contribution in [0.2, 0.25) is 0 Å². The van der Waals surface area contributed by atoms with Crippen molar-refractivity contribution in [2.45, 2.75) is 12.1 Å². The van der Waals surface area contributed by atoms with E-state index in [0.29, 0.717) is 0 Å². The van der Waals surface area contributed by atoms with Crippen LogP contribution in [-0.4, -0.2) is 17.9 Å². The van der Waals surface area contributed by atoms with Crippen molar-refractivity contribution in [3.63, 3.8) is 0 Å². The van der Waals surface area contributed by atoms with E-state index < -0.39 is 17.9 Å². The van der Waals surface area contributed by atoms with Crippen LogP contribution in [0.25, 0.3) is 0 Å². The van der Waals surface area contributed by atoms with Gasteiger partial charge >= 0.3 is 12.1 Å². The molecule has 0 atom stereocenters. The molecular formula is C3H4ClF5N2. The van der Waals surface area contributed by atoms with Gasteiger partial charge in [-0.25, -0.2) is 0 Å². The van der Waals surface area contributed by atoms with E-state index in [4.69, 9.17) is 5.41 Å². The van der Waals surface area contributed by atoms with Crippen LogP contribution in [-0.2, 0) is 0 Å². The maximum atomic E-state index is 11.6. The fraction of sp³-hybridized carbons (Fsp3) is 0.667. The molecule has 0 saturated heterocycles. The zero-order valence-corrected chi connectivity index (χ0v) is 5.69. The summed E-state index contributed by atoms with van der Waals surface area (Å²) in [6, 6.07) is 0. The number of alkyl halides is 5. The maximum absolute atomic E-state index is 11.6. The summed E-state index contributed by atoms with van der Waals surface area (Å²) in [6.07, 6.45) is -5.77. The van der Waals surface area contributed by atoms with Gasteiger partial charge in [0.05, 0.1) is 0 Å². The van der Waals surface area contributed by atoms with Crippen molar-refractivity contribution in [2.75, 3.05) is 0 Å². The van der Waals surface area contributed by atoms with Crippen molar-refractivity contribution in [2.24, 2.45) is 5.73 Å². The van der Waals surface area contributed by atoms with Crippen LogP contribution in [0.1, 0.15) is 0 Å². The molecule has 0 heterocycles. The average Bonchev–Trinajstić information content (AvgIpc) is 1.62. The molecule has 0 aromatic rings. The van der Waals surface area contributed by atoms with Crippen LogP contribution in [0.5, 0.6) is 0 Å². The number of nitrogens with two attached hydrogens (primary N) is 1. The molecule has 68 valence electrons. The lowest BCUT2D eigenvalue weighted by Crippen LogP contribution is -2.47. The van der Waals surface area contributed by atoms with Gasteiger partial charge in [0.2, 0.25) is 0 Å². The Morgan fingerprint density at radius 3 is 1.36 bits per heavy atom. The van der Waals surface area contributed by atoms with Gasteiger partial charge in [-0.05, 0) is 0 Å². The molecule has 8 heteroatoms. The van der Waals surface area contributed by atoms with Gasteiger partial charge in [-0.1, -0.05) is 0 Å². The van der Waals surface area contributed by atoms with Gasteiger partial charge in [-0.15, -0.1) is 12.4 Å². The minimum absolute atomic E-state index is 0. The van der Waals surface area contributed by atoms with E-state index >= 15 is 0 Å². The van der Waals surface area contributed by atoms with Crippen molar-refractivity contribution in [1.29, 1.82) is 5.41 Å². The average molecular weight is 199 g/mol. The first kappa shape index (κ1) is 13.0. The number of halogens is 6. The lowest BCUT2D eigenvalue weighted by molar-refractivity contribution is -0.249. The molecule has 0 spiro atoms. The van der Waals surface area contributed by atoms with Gasteiger partial charge in [0, 0.05) is 0 Å². The molecule has 0 fully saturated rings. The second-order valence-corrected chi connectivity index (χ2v) is 1.49. The first-order valence-electron chi connectivity index (χ1n) is 1.98. The van der Waals surface area contributed by atoms with Gasteiger partial charge in [0.1, 0.15) is 0 Å². The number of hydrogen-bond donors (Lipinski definition) is 2. The molecule has 0 rings (SSSR count). The third-order valence-electron chi connectivity index (χ3n) is 0.694. The standard InChI is InChI=1S/C3H3F5N2.ClH/c4-2(5,1(9)10)3(6,7)8;/h(H3,9,10);1H. The second-order valence-electron chi connectivity index (χ2n) is 1.49. The summed E-state index contributed by atoms with van der Waals surface area (Å²) in [7, 11) is 0. The van der Waals surface area contributed by atoms with Gasteiger partial charge in [0.15, 0.2) is 5.84 Å². The van der Waals surface area contributed by atoms with Crippen molar-refractivity contribution >= 4 is 18.2 Å². The van der Waals surface area contributed by atoms with Crippen LogP contribution in [0.4, 0.5) is 22.0 Å². The Hall–Kier alpha value is -0.590. The zero-order chi connectivity index (χ0) is 8.58. The SMILES string of the molecule is Cl.N=C(N)C(F)(F)C(F)(F)F. The minimum Gasteiger partial charge on any atom is -0.382 e. The summed E-state index contributed by atoms with van der Waals surface area (Å²) >= 11 is 0. The molecule has 0 amide bonds. The van der Waals surface area contributed by atoms with Crippen LogP contribution in [0, 0.1) is 5.41 Å². The molecule has 0 radical (unpaired) electrons. The zero-order valence-electron chi connectivity index (χ0n) is 4.88. The van der Waals surface area contributed by atoms with E-state index in [1.54, 1.807) is 0 Å². The first-order valence-corrected chi connectivity index (χ1v) is 1.98. The normalized spacial score (nSPS) is 12.1. The van der Waals surface area contributed by atoms with E-state index in [1.807, 2.05) is 0 Å². The minimum atomic E-state index is -5.77. The first-order chi connectivity index (χ1) is 4.19. The Kier molecular flexibility index (Phi) is 3.80. The Balaban J connectivity index is 0. The van der Waals surface area contributed by atoms with E-state index in [0.717, 1.165) is 0 Å². The molecule has 0 aromatic carbocycles. The lowest BCUT2D eigenvalue weighted by Gasteiger charge is -2.16. The van der Waals surface area contributed by atoms with Gasteiger partial charge in [-0.3, -0.25) is 5.41 Å². The van der Waals surface area contributed by atoms with Crippen molar-refractivity contribution < 1.29 is 22.0 Å². The molecule has 2 nitrogen and oxygen atoms in total.